The van der Waals surface area contributed by atoms with Crippen molar-refractivity contribution in [2.45, 2.75) is 0 Å². The zero-order valence-corrected chi connectivity index (χ0v) is 23.3. The maximum Gasteiger partial charge on any atom is 0.288 e. The topological polar surface area (TPSA) is 84.9 Å². The third-order valence-corrected chi connectivity index (χ3v) is 7.55. The van der Waals surface area contributed by atoms with Gasteiger partial charge in [-0.3, -0.25) is 4.79 Å². The smallest absolute Gasteiger partial charge is 0.288 e. The van der Waals surface area contributed by atoms with Crippen LogP contribution in [0.3, 0.4) is 0 Å². The number of halogens is 1. The summed E-state index contributed by atoms with van der Waals surface area (Å²) in [7, 11) is 4.75. The number of rotatable bonds is 8. The van der Waals surface area contributed by atoms with Gasteiger partial charge in [0, 0.05) is 30.7 Å². The number of fused-ring (bicyclic) bond motifs is 1. The maximum absolute atomic E-state index is 13.2. The Bertz CT molecular complexity index is 1620. The minimum Gasteiger partial charge on any atom is -0.493 e. The van der Waals surface area contributed by atoms with Gasteiger partial charge in [-0.1, -0.05) is 46.3 Å². The van der Waals surface area contributed by atoms with E-state index in [4.69, 9.17) is 14.2 Å². The largest absolute Gasteiger partial charge is 0.493 e. The number of methoxy groups -OCH3 is 3. The predicted octanol–water partition coefficient (Wildman–Crippen LogP) is 7.12. The minimum absolute atomic E-state index is 0.325. The third-order valence-electron chi connectivity index (χ3n) is 5.98. The van der Waals surface area contributed by atoms with E-state index in [1.807, 2.05) is 72.8 Å². The Morgan fingerprint density at radius 3 is 2.34 bits per heavy atom. The molecule has 3 aromatic carbocycles. The molecule has 0 aliphatic heterocycles. The van der Waals surface area contributed by atoms with Gasteiger partial charge < -0.3 is 19.2 Å². The van der Waals surface area contributed by atoms with Gasteiger partial charge in [0.15, 0.2) is 11.5 Å². The molecule has 0 aliphatic rings. The number of hydrogen-bond donors (Lipinski definition) is 2. The van der Waals surface area contributed by atoms with E-state index in [1.54, 1.807) is 27.5 Å². The molecule has 38 heavy (non-hydrogen) atoms. The summed E-state index contributed by atoms with van der Waals surface area (Å²) in [5, 5.41) is 5.18. The summed E-state index contributed by atoms with van der Waals surface area (Å²) in [4.78, 5) is 18.3. The molecule has 9 heteroatoms. The number of carbonyl (C=O) groups is 1. The average Bonchev–Trinajstić information content (AvgIpc) is 3.57. The second kappa shape index (κ2) is 11.1. The quantitative estimate of drug-likeness (QED) is 0.149. The number of carbonyl (C=O) groups excluding carboxylic acids is 1. The monoisotopic (exact) mass is 589 g/mol. The second-order valence-electron chi connectivity index (χ2n) is 8.25. The fourth-order valence-electron chi connectivity index (χ4n) is 4.25. The summed E-state index contributed by atoms with van der Waals surface area (Å²) in [6, 6.07) is 23.4. The number of ether oxygens (including phenoxy) is 3. The highest BCUT2D eigenvalue weighted by atomic mass is 79.9. The second-order valence-corrected chi connectivity index (χ2v) is 10.3. The zero-order chi connectivity index (χ0) is 26.6. The van der Waals surface area contributed by atoms with Crippen molar-refractivity contribution in [3.05, 3.63) is 87.8 Å². The number of nitrogens with zero attached hydrogens (tertiary/aromatic N) is 1. The SMILES string of the molecule is COc1cc(-c2ccc(/C=N/NC(=O)c3[nH]c4ccc(Br)cc4c3-c3ccccc3)s2)cc(OC)c1OC. The van der Waals surface area contributed by atoms with E-state index >= 15 is 0 Å². The number of amides is 1. The lowest BCUT2D eigenvalue weighted by Crippen LogP contribution is -2.18. The van der Waals surface area contributed by atoms with E-state index in [9.17, 15) is 4.79 Å². The first-order chi connectivity index (χ1) is 18.5. The number of hydrazone groups is 1. The molecule has 2 heterocycles. The summed E-state index contributed by atoms with van der Waals surface area (Å²) in [5.41, 5.74) is 6.69. The van der Waals surface area contributed by atoms with Crippen LogP contribution >= 0.6 is 27.3 Å². The Morgan fingerprint density at radius 2 is 1.66 bits per heavy atom. The van der Waals surface area contributed by atoms with Crippen molar-refractivity contribution in [1.29, 1.82) is 0 Å². The van der Waals surface area contributed by atoms with E-state index in [0.29, 0.717) is 22.9 Å². The van der Waals surface area contributed by atoms with E-state index < -0.39 is 0 Å². The van der Waals surface area contributed by atoms with Crippen LogP contribution in [0.2, 0.25) is 0 Å². The van der Waals surface area contributed by atoms with Crippen LogP contribution < -0.4 is 19.6 Å². The Labute approximate surface area is 232 Å². The molecular weight excluding hydrogens is 566 g/mol. The molecule has 0 saturated carbocycles. The van der Waals surface area contributed by atoms with Crippen LogP contribution in [-0.2, 0) is 0 Å². The normalized spacial score (nSPS) is 11.2. The standard InChI is InChI=1S/C29H24BrN3O4S/c1-35-23-13-18(14-24(36-2)28(23)37-3)25-12-10-20(38-25)16-31-33-29(34)27-26(17-7-5-4-6-8-17)21-15-19(30)9-11-22(21)32-27/h4-16,32H,1-3H3,(H,33,34)/b31-16+. The molecule has 2 N–H and O–H groups in total. The third kappa shape index (κ3) is 5.03. The van der Waals surface area contributed by atoms with Crippen LogP contribution in [-0.4, -0.2) is 38.4 Å². The Kier molecular flexibility index (Phi) is 7.48. The van der Waals surface area contributed by atoms with Crippen LogP contribution in [0, 0.1) is 0 Å². The summed E-state index contributed by atoms with van der Waals surface area (Å²) < 4.78 is 17.3. The van der Waals surface area contributed by atoms with Gasteiger partial charge in [0.1, 0.15) is 5.69 Å². The molecule has 192 valence electrons. The maximum atomic E-state index is 13.2. The molecule has 0 spiro atoms. The number of aromatic nitrogens is 1. The molecule has 7 nitrogen and oxygen atoms in total. The van der Waals surface area contributed by atoms with Gasteiger partial charge in [0.25, 0.3) is 5.91 Å². The van der Waals surface area contributed by atoms with E-state index in [0.717, 1.165) is 41.8 Å². The molecular formula is C29H24BrN3O4S. The van der Waals surface area contributed by atoms with Crippen molar-refractivity contribution in [3.63, 3.8) is 0 Å². The molecule has 0 saturated heterocycles. The first-order valence-electron chi connectivity index (χ1n) is 11.6. The number of thiophene rings is 1. The van der Waals surface area contributed by atoms with Crippen molar-refractivity contribution in [3.8, 4) is 38.8 Å². The lowest BCUT2D eigenvalue weighted by atomic mass is 10.0. The van der Waals surface area contributed by atoms with Crippen LogP contribution in [0.5, 0.6) is 17.2 Å². The van der Waals surface area contributed by atoms with E-state index in [1.165, 1.54) is 11.3 Å². The summed E-state index contributed by atoms with van der Waals surface area (Å²) in [5.74, 6) is 1.38. The highest BCUT2D eigenvalue weighted by Gasteiger charge is 2.19. The molecule has 0 bridgehead atoms. The fourth-order valence-corrected chi connectivity index (χ4v) is 5.48. The molecule has 5 rings (SSSR count). The Balaban J connectivity index is 1.39. The summed E-state index contributed by atoms with van der Waals surface area (Å²) in [6.07, 6.45) is 1.63. The Morgan fingerprint density at radius 1 is 0.921 bits per heavy atom. The van der Waals surface area contributed by atoms with Crippen LogP contribution in [0.1, 0.15) is 15.4 Å². The molecule has 0 aliphatic carbocycles. The molecule has 0 atom stereocenters. The van der Waals surface area contributed by atoms with Gasteiger partial charge in [-0.2, -0.15) is 5.10 Å². The van der Waals surface area contributed by atoms with Crippen molar-refractivity contribution in [2.75, 3.05) is 21.3 Å². The van der Waals surface area contributed by atoms with Crippen LogP contribution in [0.15, 0.2) is 82.4 Å². The summed E-state index contributed by atoms with van der Waals surface area (Å²) >= 11 is 5.06. The van der Waals surface area contributed by atoms with Crippen molar-refractivity contribution < 1.29 is 19.0 Å². The van der Waals surface area contributed by atoms with E-state index in [-0.39, 0.29) is 5.91 Å². The molecule has 0 fully saturated rings. The minimum atomic E-state index is -0.325. The summed E-state index contributed by atoms with van der Waals surface area (Å²) in [6.45, 7) is 0. The molecule has 2 aromatic heterocycles. The van der Waals surface area contributed by atoms with Gasteiger partial charge in [0.2, 0.25) is 5.75 Å². The van der Waals surface area contributed by atoms with Crippen molar-refractivity contribution >= 4 is 50.3 Å². The van der Waals surface area contributed by atoms with Crippen molar-refractivity contribution in [1.82, 2.24) is 10.4 Å². The number of hydrogen-bond acceptors (Lipinski definition) is 6. The van der Waals surface area contributed by atoms with Gasteiger partial charge in [-0.25, -0.2) is 5.43 Å². The molecule has 0 radical (unpaired) electrons. The first kappa shape index (κ1) is 25.6. The highest BCUT2D eigenvalue weighted by molar-refractivity contribution is 9.10. The fraction of sp³-hybridized carbons (Fsp3) is 0.103. The van der Waals surface area contributed by atoms with Gasteiger partial charge in [0.05, 0.1) is 27.5 Å². The van der Waals surface area contributed by atoms with Gasteiger partial charge >= 0.3 is 0 Å². The first-order valence-corrected chi connectivity index (χ1v) is 13.2. The lowest BCUT2D eigenvalue weighted by molar-refractivity contribution is 0.0951. The number of nitrogens with one attached hydrogen (secondary N) is 2. The van der Waals surface area contributed by atoms with Gasteiger partial charge in [-0.05, 0) is 53.6 Å². The highest BCUT2D eigenvalue weighted by Crippen LogP contribution is 2.42. The van der Waals surface area contributed by atoms with Gasteiger partial charge in [-0.15, -0.1) is 11.3 Å². The number of H-pyrrole nitrogens is 1. The number of benzene rings is 3. The van der Waals surface area contributed by atoms with E-state index in [2.05, 4.69) is 31.4 Å². The van der Waals surface area contributed by atoms with Crippen LogP contribution in [0.4, 0.5) is 0 Å². The molecule has 1 amide bonds. The van der Waals surface area contributed by atoms with Crippen LogP contribution in [0.25, 0.3) is 32.5 Å². The average molecular weight is 590 g/mol. The van der Waals surface area contributed by atoms with Crippen molar-refractivity contribution in [2.24, 2.45) is 5.10 Å². The predicted molar refractivity (Wildman–Crippen MR) is 156 cm³/mol. The zero-order valence-electron chi connectivity index (χ0n) is 20.9. The molecule has 5 aromatic rings. The lowest BCUT2D eigenvalue weighted by Gasteiger charge is -2.13. The number of aromatic amines is 1. The molecule has 0 unspecified atom stereocenters. The Hall–Kier alpha value is -4.08.